The molecule has 0 aromatic carbocycles. The van der Waals surface area contributed by atoms with E-state index in [9.17, 15) is 9.59 Å². The molecular formula is C36H72N2O8. The molecule has 10 nitrogen and oxygen atoms in total. The molecular weight excluding hydrogens is 588 g/mol. The Balaban J connectivity index is 3.20. The van der Waals surface area contributed by atoms with E-state index >= 15 is 0 Å². The largest absolute Gasteiger partial charge is 0.460 e. The molecule has 0 aromatic heterocycles. The van der Waals surface area contributed by atoms with Gasteiger partial charge in [-0.3, -0.25) is 9.59 Å². The van der Waals surface area contributed by atoms with Gasteiger partial charge in [0, 0.05) is 25.9 Å². The van der Waals surface area contributed by atoms with Crippen molar-refractivity contribution in [1.82, 2.24) is 5.32 Å². The van der Waals surface area contributed by atoms with Crippen LogP contribution in [-0.4, -0.2) is 96.6 Å². The smallest absolute Gasteiger partial charge is 0.306 e. The monoisotopic (exact) mass is 661 g/mol. The van der Waals surface area contributed by atoms with Crippen molar-refractivity contribution in [3.63, 3.8) is 0 Å². The lowest BCUT2D eigenvalue weighted by Crippen LogP contribution is -2.27. The summed E-state index contributed by atoms with van der Waals surface area (Å²) < 4.78 is 32.3. The van der Waals surface area contributed by atoms with E-state index in [2.05, 4.69) is 5.32 Å². The summed E-state index contributed by atoms with van der Waals surface area (Å²) in [6, 6.07) is 0. The van der Waals surface area contributed by atoms with E-state index in [1.165, 1.54) is 77.0 Å². The molecule has 10 heteroatoms. The van der Waals surface area contributed by atoms with Crippen LogP contribution in [-0.2, 0) is 38.0 Å². The lowest BCUT2D eigenvalue weighted by atomic mass is 10.0. The average molecular weight is 661 g/mol. The number of nitrogens with two attached hydrogens (primary N) is 1. The van der Waals surface area contributed by atoms with Crippen LogP contribution in [0.25, 0.3) is 0 Å². The standard InChI is InChI=1S/C36H72N2O8/c1-36(2,3)46-35(40)21-19-17-15-13-11-9-7-5-4-6-8-10-12-14-16-18-20-34(39)38-23-25-42-27-29-44-31-33-45-32-30-43-28-26-41-24-22-37/h4-33,37H2,1-3H3,(H,38,39). The minimum atomic E-state index is -0.371. The molecule has 0 aliphatic rings. The zero-order valence-corrected chi connectivity index (χ0v) is 30.1. The molecule has 0 atom stereocenters. The van der Waals surface area contributed by atoms with Gasteiger partial charge in [0.1, 0.15) is 5.60 Å². The molecule has 3 N–H and O–H groups in total. The van der Waals surface area contributed by atoms with Gasteiger partial charge in [-0.25, -0.2) is 0 Å². The third-order valence-corrected chi connectivity index (χ3v) is 7.27. The zero-order chi connectivity index (χ0) is 33.8. The fourth-order valence-corrected chi connectivity index (χ4v) is 4.84. The third-order valence-electron chi connectivity index (χ3n) is 7.27. The Morgan fingerprint density at radius 1 is 0.478 bits per heavy atom. The molecule has 0 aliphatic heterocycles. The summed E-state index contributed by atoms with van der Waals surface area (Å²) in [6.07, 6.45) is 21.0. The quantitative estimate of drug-likeness (QED) is 0.0571. The molecule has 0 radical (unpaired) electrons. The van der Waals surface area contributed by atoms with Crippen LogP contribution in [0.2, 0.25) is 0 Å². The number of carbonyl (C=O) groups excluding carboxylic acids is 2. The molecule has 0 saturated heterocycles. The van der Waals surface area contributed by atoms with Crippen LogP contribution in [0.5, 0.6) is 0 Å². The first-order valence-corrected chi connectivity index (χ1v) is 18.4. The maximum atomic E-state index is 12.0. The van der Waals surface area contributed by atoms with Gasteiger partial charge in [0.05, 0.1) is 66.1 Å². The van der Waals surface area contributed by atoms with Crippen LogP contribution >= 0.6 is 0 Å². The van der Waals surface area contributed by atoms with Crippen molar-refractivity contribution in [3.8, 4) is 0 Å². The van der Waals surface area contributed by atoms with E-state index in [-0.39, 0.29) is 17.5 Å². The first-order valence-electron chi connectivity index (χ1n) is 18.4. The summed E-state index contributed by atoms with van der Waals surface area (Å²) in [4.78, 5) is 23.7. The van der Waals surface area contributed by atoms with E-state index in [0.29, 0.717) is 92.0 Å². The fraction of sp³-hybridized carbons (Fsp3) is 0.944. The summed E-state index contributed by atoms with van der Waals surface area (Å²) in [6.45, 7) is 12.1. The van der Waals surface area contributed by atoms with Crippen LogP contribution < -0.4 is 11.1 Å². The molecule has 274 valence electrons. The highest BCUT2D eigenvalue weighted by Gasteiger charge is 2.15. The molecule has 0 heterocycles. The van der Waals surface area contributed by atoms with Gasteiger partial charge in [0.15, 0.2) is 0 Å². The number of amides is 1. The van der Waals surface area contributed by atoms with E-state index in [1.807, 2.05) is 20.8 Å². The topological polar surface area (TPSA) is 128 Å². The van der Waals surface area contributed by atoms with E-state index in [1.54, 1.807) is 0 Å². The molecule has 46 heavy (non-hydrogen) atoms. The van der Waals surface area contributed by atoms with Crippen molar-refractivity contribution < 1.29 is 38.0 Å². The van der Waals surface area contributed by atoms with Gasteiger partial charge in [-0.1, -0.05) is 89.9 Å². The van der Waals surface area contributed by atoms with E-state index < -0.39 is 0 Å². The Hall–Kier alpha value is -1.30. The number of hydrogen-bond acceptors (Lipinski definition) is 9. The van der Waals surface area contributed by atoms with Crippen molar-refractivity contribution in [1.29, 1.82) is 0 Å². The molecule has 0 spiro atoms. The Bertz CT molecular complexity index is 660. The number of carbonyl (C=O) groups is 2. The zero-order valence-electron chi connectivity index (χ0n) is 30.1. The third kappa shape index (κ3) is 38.9. The second-order valence-electron chi connectivity index (χ2n) is 12.9. The summed E-state index contributed by atoms with van der Waals surface area (Å²) in [5.41, 5.74) is 4.97. The van der Waals surface area contributed by atoms with Crippen molar-refractivity contribution in [2.45, 2.75) is 142 Å². The summed E-state index contributed by atoms with van der Waals surface area (Å²) >= 11 is 0. The number of ether oxygens (including phenoxy) is 6. The second-order valence-corrected chi connectivity index (χ2v) is 12.9. The number of hydrogen-bond donors (Lipinski definition) is 2. The van der Waals surface area contributed by atoms with Crippen molar-refractivity contribution in [2.24, 2.45) is 5.73 Å². The Kier molecular flexibility index (Phi) is 34.0. The Morgan fingerprint density at radius 2 is 0.804 bits per heavy atom. The predicted octanol–water partition coefficient (Wildman–Crippen LogP) is 6.51. The number of unbranched alkanes of at least 4 members (excludes halogenated alkanes) is 15. The fourth-order valence-electron chi connectivity index (χ4n) is 4.84. The first-order chi connectivity index (χ1) is 22.3. The number of esters is 1. The lowest BCUT2D eigenvalue weighted by Gasteiger charge is -2.19. The molecule has 0 aliphatic carbocycles. The highest BCUT2D eigenvalue weighted by atomic mass is 16.6. The van der Waals surface area contributed by atoms with Crippen LogP contribution in [0, 0.1) is 0 Å². The molecule has 0 unspecified atom stereocenters. The molecule has 0 bridgehead atoms. The van der Waals surface area contributed by atoms with Crippen LogP contribution in [0.1, 0.15) is 136 Å². The maximum absolute atomic E-state index is 12.0. The van der Waals surface area contributed by atoms with Crippen LogP contribution in [0.4, 0.5) is 0 Å². The van der Waals surface area contributed by atoms with Crippen molar-refractivity contribution >= 4 is 11.9 Å². The molecule has 0 rings (SSSR count). The van der Waals surface area contributed by atoms with Gasteiger partial charge >= 0.3 is 5.97 Å². The normalized spacial score (nSPS) is 11.7. The minimum Gasteiger partial charge on any atom is -0.460 e. The second kappa shape index (κ2) is 35.0. The average Bonchev–Trinajstić information content (AvgIpc) is 3.01. The van der Waals surface area contributed by atoms with E-state index in [4.69, 9.17) is 34.2 Å². The number of rotatable bonds is 36. The number of nitrogens with one attached hydrogen (secondary N) is 1. The summed E-state index contributed by atoms with van der Waals surface area (Å²) in [7, 11) is 0. The first kappa shape index (κ1) is 44.7. The summed E-state index contributed by atoms with van der Waals surface area (Å²) in [5, 5.41) is 2.93. The maximum Gasteiger partial charge on any atom is 0.306 e. The minimum absolute atomic E-state index is 0.0662. The molecule has 1 amide bonds. The van der Waals surface area contributed by atoms with Crippen LogP contribution in [0.3, 0.4) is 0 Å². The lowest BCUT2D eigenvalue weighted by molar-refractivity contribution is -0.154. The van der Waals surface area contributed by atoms with Gasteiger partial charge < -0.3 is 39.5 Å². The predicted molar refractivity (Wildman–Crippen MR) is 185 cm³/mol. The van der Waals surface area contributed by atoms with Gasteiger partial charge in [-0.2, -0.15) is 0 Å². The van der Waals surface area contributed by atoms with Crippen molar-refractivity contribution in [2.75, 3.05) is 79.2 Å². The SMILES string of the molecule is CC(C)(C)OC(=O)CCCCCCCCCCCCCCCCCCC(=O)NCCOCCOCCOCCOCCOCCN. The van der Waals surface area contributed by atoms with Gasteiger partial charge in [0.2, 0.25) is 5.91 Å². The summed E-state index contributed by atoms with van der Waals surface area (Å²) in [5.74, 6) is 0.0470. The molecule has 0 aromatic rings. The molecule has 0 saturated carbocycles. The Labute approximate surface area is 281 Å². The highest BCUT2D eigenvalue weighted by molar-refractivity contribution is 5.75. The van der Waals surface area contributed by atoms with Gasteiger partial charge in [-0.15, -0.1) is 0 Å². The van der Waals surface area contributed by atoms with E-state index in [0.717, 1.165) is 25.7 Å². The van der Waals surface area contributed by atoms with Gasteiger partial charge in [-0.05, 0) is 33.6 Å². The van der Waals surface area contributed by atoms with Crippen molar-refractivity contribution in [3.05, 3.63) is 0 Å². The highest BCUT2D eigenvalue weighted by Crippen LogP contribution is 2.15. The molecule has 0 fully saturated rings. The van der Waals surface area contributed by atoms with Crippen LogP contribution in [0.15, 0.2) is 0 Å². The Morgan fingerprint density at radius 3 is 1.17 bits per heavy atom. The van der Waals surface area contributed by atoms with Gasteiger partial charge in [0.25, 0.3) is 0 Å².